The van der Waals surface area contributed by atoms with Gasteiger partial charge in [0.2, 0.25) is 10.0 Å². The van der Waals surface area contributed by atoms with E-state index in [0.29, 0.717) is 29.8 Å². The van der Waals surface area contributed by atoms with Crippen molar-refractivity contribution in [2.45, 2.75) is 18.7 Å². The molecule has 0 spiro atoms. The van der Waals surface area contributed by atoms with E-state index in [1.54, 1.807) is 32.0 Å². The lowest BCUT2D eigenvalue weighted by Gasteiger charge is -2.19. The summed E-state index contributed by atoms with van der Waals surface area (Å²) in [4.78, 5) is 29.1. The molecule has 3 rings (SSSR count). The van der Waals surface area contributed by atoms with Gasteiger partial charge in [-0.05, 0) is 36.4 Å². The van der Waals surface area contributed by atoms with Crippen LogP contribution >= 0.6 is 11.6 Å². The summed E-state index contributed by atoms with van der Waals surface area (Å²) in [5.41, 5.74) is 1.42. The van der Waals surface area contributed by atoms with Crippen molar-refractivity contribution in [3.05, 3.63) is 57.5 Å². The fourth-order valence-corrected chi connectivity index (χ4v) is 4.82. The van der Waals surface area contributed by atoms with E-state index in [9.17, 15) is 18.0 Å². The highest BCUT2D eigenvalue weighted by atomic mass is 35.5. The summed E-state index contributed by atoms with van der Waals surface area (Å²) in [5, 5.41) is 2.74. The van der Waals surface area contributed by atoms with Crippen LogP contribution in [0, 0.1) is 0 Å². The van der Waals surface area contributed by atoms with Crippen molar-refractivity contribution >= 4 is 44.3 Å². The molecule has 28 heavy (non-hydrogen) atoms. The number of aromatic amines is 2. The third kappa shape index (κ3) is 3.82. The Morgan fingerprint density at radius 3 is 2.43 bits per heavy atom. The van der Waals surface area contributed by atoms with Crippen LogP contribution in [0.1, 0.15) is 24.2 Å². The second kappa shape index (κ2) is 7.78. The van der Waals surface area contributed by atoms with Gasteiger partial charge in [0.05, 0.1) is 16.1 Å². The maximum absolute atomic E-state index is 12.8. The van der Waals surface area contributed by atoms with Gasteiger partial charge in [0.25, 0.3) is 5.91 Å². The molecule has 8 nitrogen and oxygen atoms in total. The second-order valence-corrected chi connectivity index (χ2v) is 8.34. The van der Waals surface area contributed by atoms with E-state index >= 15 is 0 Å². The lowest BCUT2D eigenvalue weighted by atomic mass is 10.2. The number of hydrogen-bond acceptors (Lipinski definition) is 4. The number of halogens is 1. The van der Waals surface area contributed by atoms with E-state index in [4.69, 9.17) is 11.6 Å². The zero-order valence-electron chi connectivity index (χ0n) is 15.2. The third-order valence-electron chi connectivity index (χ3n) is 4.29. The van der Waals surface area contributed by atoms with E-state index in [1.807, 2.05) is 0 Å². The highest BCUT2D eigenvalue weighted by molar-refractivity contribution is 7.89. The predicted octanol–water partition coefficient (Wildman–Crippen LogP) is 2.79. The number of sulfonamides is 1. The summed E-state index contributed by atoms with van der Waals surface area (Å²) in [6.07, 6.45) is 0. The number of nitrogens with zero attached hydrogens (tertiary/aromatic N) is 1. The summed E-state index contributed by atoms with van der Waals surface area (Å²) in [6.45, 7) is 4.04. The largest absolute Gasteiger partial charge is 0.323 e. The number of carbonyl (C=O) groups is 1. The molecule has 2 aromatic carbocycles. The van der Waals surface area contributed by atoms with E-state index in [1.165, 1.54) is 22.5 Å². The summed E-state index contributed by atoms with van der Waals surface area (Å²) in [5.74, 6) is -0.495. The number of hydrogen-bond donors (Lipinski definition) is 3. The van der Waals surface area contributed by atoms with Gasteiger partial charge < -0.3 is 15.3 Å². The number of aromatic nitrogens is 2. The number of carbonyl (C=O) groups excluding carboxylic acids is 1. The molecule has 0 radical (unpaired) electrons. The SMILES string of the molecule is CCN(CC)S(=O)(=O)c1cc(C(=O)Nc2ccc3[nH]c(=O)[nH]c3c2)ccc1Cl. The van der Waals surface area contributed by atoms with Gasteiger partial charge in [0, 0.05) is 24.3 Å². The van der Waals surface area contributed by atoms with Crippen LogP contribution in [0.5, 0.6) is 0 Å². The lowest BCUT2D eigenvalue weighted by molar-refractivity contribution is 0.102. The third-order valence-corrected chi connectivity index (χ3v) is 6.82. The van der Waals surface area contributed by atoms with Crippen molar-refractivity contribution in [3.8, 4) is 0 Å². The van der Waals surface area contributed by atoms with E-state index in [-0.39, 0.29) is 21.2 Å². The Hall–Kier alpha value is -2.62. The van der Waals surface area contributed by atoms with Crippen LogP contribution < -0.4 is 11.0 Å². The maximum Gasteiger partial charge on any atom is 0.323 e. The Balaban J connectivity index is 1.92. The summed E-state index contributed by atoms with van der Waals surface area (Å²) >= 11 is 6.10. The fourth-order valence-electron chi connectivity index (χ4n) is 2.86. The first-order valence-corrected chi connectivity index (χ1v) is 10.4. The molecule has 0 aliphatic rings. The number of amides is 1. The second-order valence-electron chi connectivity index (χ2n) is 6.03. The quantitative estimate of drug-likeness (QED) is 0.566. The van der Waals surface area contributed by atoms with Gasteiger partial charge in [0.15, 0.2) is 0 Å². The molecule has 3 N–H and O–H groups in total. The Labute approximate surface area is 166 Å². The molecule has 1 aromatic heterocycles. The average Bonchev–Trinajstić information content (AvgIpc) is 3.02. The minimum atomic E-state index is -3.81. The number of rotatable bonds is 6. The summed E-state index contributed by atoms with van der Waals surface area (Å²) < 4.78 is 26.8. The fraction of sp³-hybridized carbons (Fsp3) is 0.222. The molecule has 0 aliphatic carbocycles. The first-order valence-electron chi connectivity index (χ1n) is 8.59. The number of anilines is 1. The molecule has 10 heteroatoms. The highest BCUT2D eigenvalue weighted by Crippen LogP contribution is 2.26. The zero-order chi connectivity index (χ0) is 20.5. The molecular formula is C18H19ClN4O4S. The van der Waals surface area contributed by atoms with E-state index in [0.717, 1.165) is 0 Å². The Morgan fingerprint density at radius 2 is 1.75 bits per heavy atom. The molecule has 0 aliphatic heterocycles. The van der Waals surface area contributed by atoms with Crippen molar-refractivity contribution in [1.29, 1.82) is 0 Å². The molecule has 148 valence electrons. The van der Waals surface area contributed by atoms with Crippen molar-refractivity contribution in [2.75, 3.05) is 18.4 Å². The normalized spacial score (nSPS) is 11.9. The monoisotopic (exact) mass is 422 g/mol. The van der Waals surface area contributed by atoms with E-state index < -0.39 is 15.9 Å². The van der Waals surface area contributed by atoms with Gasteiger partial charge >= 0.3 is 5.69 Å². The van der Waals surface area contributed by atoms with Crippen LogP contribution in [0.25, 0.3) is 11.0 Å². The van der Waals surface area contributed by atoms with Crippen LogP contribution in [0.2, 0.25) is 5.02 Å². The molecule has 0 atom stereocenters. The Morgan fingerprint density at radius 1 is 1.07 bits per heavy atom. The first-order chi connectivity index (χ1) is 13.3. The topological polar surface area (TPSA) is 115 Å². The molecule has 0 fully saturated rings. The van der Waals surface area contributed by atoms with Crippen LogP contribution in [-0.4, -0.2) is 41.7 Å². The van der Waals surface area contributed by atoms with Crippen LogP contribution in [-0.2, 0) is 10.0 Å². The minimum absolute atomic E-state index is 0.0507. The molecule has 0 bridgehead atoms. The number of benzene rings is 2. The van der Waals surface area contributed by atoms with Gasteiger partial charge in [-0.25, -0.2) is 13.2 Å². The van der Waals surface area contributed by atoms with Crippen molar-refractivity contribution in [2.24, 2.45) is 0 Å². The first kappa shape index (κ1) is 20.1. The van der Waals surface area contributed by atoms with Crippen LogP contribution in [0.3, 0.4) is 0 Å². The maximum atomic E-state index is 12.8. The summed E-state index contributed by atoms with van der Waals surface area (Å²) in [6, 6.07) is 9.00. The number of nitrogens with one attached hydrogen (secondary N) is 3. The molecule has 0 unspecified atom stereocenters. The summed E-state index contributed by atoms with van der Waals surface area (Å²) in [7, 11) is -3.81. The molecule has 0 saturated heterocycles. The standard InChI is InChI=1S/C18H19ClN4O4S/c1-3-23(4-2)28(26,27)16-9-11(5-7-13(16)19)17(24)20-12-6-8-14-15(10-12)22-18(25)21-14/h5-10H,3-4H2,1-2H3,(H,20,24)(H2,21,22,25). The van der Waals surface area contributed by atoms with Crippen LogP contribution in [0.4, 0.5) is 5.69 Å². The molecule has 1 heterocycles. The van der Waals surface area contributed by atoms with E-state index in [2.05, 4.69) is 15.3 Å². The smallest absolute Gasteiger partial charge is 0.322 e. The number of H-pyrrole nitrogens is 2. The molecule has 0 saturated carbocycles. The molecule has 3 aromatic rings. The Kier molecular flexibility index (Phi) is 5.59. The highest BCUT2D eigenvalue weighted by Gasteiger charge is 2.25. The zero-order valence-corrected chi connectivity index (χ0v) is 16.8. The molecular weight excluding hydrogens is 404 g/mol. The van der Waals surface area contributed by atoms with Gasteiger partial charge in [-0.2, -0.15) is 4.31 Å². The number of imidazole rings is 1. The average molecular weight is 423 g/mol. The minimum Gasteiger partial charge on any atom is -0.322 e. The van der Waals surface area contributed by atoms with Crippen molar-refractivity contribution in [3.63, 3.8) is 0 Å². The van der Waals surface area contributed by atoms with Gasteiger partial charge in [-0.3, -0.25) is 4.79 Å². The van der Waals surface area contributed by atoms with Crippen molar-refractivity contribution in [1.82, 2.24) is 14.3 Å². The van der Waals surface area contributed by atoms with Gasteiger partial charge in [0.1, 0.15) is 4.90 Å². The lowest BCUT2D eigenvalue weighted by Crippen LogP contribution is -2.31. The number of fused-ring (bicyclic) bond motifs is 1. The Bertz CT molecular complexity index is 1200. The van der Waals surface area contributed by atoms with Gasteiger partial charge in [-0.15, -0.1) is 0 Å². The van der Waals surface area contributed by atoms with Crippen molar-refractivity contribution < 1.29 is 13.2 Å². The van der Waals surface area contributed by atoms with Gasteiger partial charge in [-0.1, -0.05) is 25.4 Å². The molecule has 1 amide bonds. The van der Waals surface area contributed by atoms with Crippen LogP contribution in [0.15, 0.2) is 46.1 Å². The predicted molar refractivity (Wildman–Crippen MR) is 108 cm³/mol.